The van der Waals surface area contributed by atoms with E-state index in [1.165, 1.54) is 11.3 Å². The number of fused-ring (bicyclic) bond motifs is 1. The zero-order valence-corrected chi connectivity index (χ0v) is 15.8. The lowest BCUT2D eigenvalue weighted by Crippen LogP contribution is -2.46. The lowest BCUT2D eigenvalue weighted by Gasteiger charge is -2.23. The van der Waals surface area contributed by atoms with Gasteiger partial charge in [-0.3, -0.25) is 9.59 Å². The Balaban J connectivity index is 1.29. The Morgan fingerprint density at radius 1 is 1.22 bits per heavy atom. The fourth-order valence-corrected chi connectivity index (χ4v) is 4.27. The van der Waals surface area contributed by atoms with Crippen molar-refractivity contribution in [1.82, 2.24) is 19.8 Å². The molecule has 1 unspecified atom stereocenters. The number of thiophene rings is 1. The third-order valence-corrected chi connectivity index (χ3v) is 5.81. The SMILES string of the molecule is O=C(NCCCn1cnc2ccccc21)C1CCCN1C(=O)c1cccs1. The molecule has 6 nitrogen and oxygen atoms in total. The minimum atomic E-state index is -0.353. The first-order valence-corrected chi connectivity index (χ1v) is 10.1. The maximum Gasteiger partial charge on any atom is 0.264 e. The minimum absolute atomic E-state index is 0.0347. The van der Waals surface area contributed by atoms with Gasteiger partial charge in [-0.15, -0.1) is 11.3 Å². The van der Waals surface area contributed by atoms with Crippen molar-refractivity contribution in [2.24, 2.45) is 0 Å². The molecule has 0 radical (unpaired) electrons. The van der Waals surface area contributed by atoms with Crippen molar-refractivity contribution in [1.29, 1.82) is 0 Å². The number of aryl methyl sites for hydroxylation is 1. The number of imidazole rings is 1. The van der Waals surface area contributed by atoms with Gasteiger partial charge in [0.1, 0.15) is 6.04 Å². The van der Waals surface area contributed by atoms with Gasteiger partial charge >= 0.3 is 0 Å². The molecule has 1 saturated heterocycles. The molecule has 0 saturated carbocycles. The van der Waals surface area contributed by atoms with Crippen molar-refractivity contribution < 1.29 is 9.59 Å². The Hall–Kier alpha value is -2.67. The molecule has 4 rings (SSSR count). The largest absolute Gasteiger partial charge is 0.354 e. The quantitative estimate of drug-likeness (QED) is 0.667. The smallest absolute Gasteiger partial charge is 0.264 e. The number of hydrogen-bond donors (Lipinski definition) is 1. The molecule has 1 fully saturated rings. The predicted octanol–water partition coefficient (Wildman–Crippen LogP) is 2.91. The molecule has 1 aliphatic heterocycles. The van der Waals surface area contributed by atoms with Crippen LogP contribution in [-0.2, 0) is 11.3 Å². The first-order chi connectivity index (χ1) is 13.2. The molecule has 7 heteroatoms. The van der Waals surface area contributed by atoms with Crippen LogP contribution in [0.4, 0.5) is 0 Å². The third-order valence-electron chi connectivity index (χ3n) is 4.95. The molecular formula is C20H22N4O2S. The summed E-state index contributed by atoms with van der Waals surface area (Å²) in [6.07, 6.45) is 4.26. The average Bonchev–Trinajstić information content (AvgIpc) is 3.45. The lowest BCUT2D eigenvalue weighted by atomic mass is 10.2. The highest BCUT2D eigenvalue weighted by Crippen LogP contribution is 2.22. The molecule has 140 valence electrons. The fraction of sp³-hybridized carbons (Fsp3) is 0.350. The monoisotopic (exact) mass is 382 g/mol. The summed E-state index contributed by atoms with van der Waals surface area (Å²) in [5, 5.41) is 4.89. The van der Waals surface area contributed by atoms with Crippen LogP contribution in [0.5, 0.6) is 0 Å². The van der Waals surface area contributed by atoms with E-state index in [1.807, 2.05) is 48.1 Å². The number of rotatable bonds is 6. The fourth-order valence-electron chi connectivity index (χ4n) is 3.59. The van der Waals surface area contributed by atoms with Crippen LogP contribution in [0.3, 0.4) is 0 Å². The van der Waals surface area contributed by atoms with Gasteiger partial charge in [0.15, 0.2) is 0 Å². The number of nitrogens with one attached hydrogen (secondary N) is 1. The van der Waals surface area contributed by atoms with Gasteiger partial charge in [-0.1, -0.05) is 18.2 Å². The second-order valence-electron chi connectivity index (χ2n) is 6.71. The van der Waals surface area contributed by atoms with Crippen molar-refractivity contribution in [2.45, 2.75) is 31.8 Å². The Bertz CT molecular complexity index is 935. The van der Waals surface area contributed by atoms with Crippen LogP contribution in [0.2, 0.25) is 0 Å². The van der Waals surface area contributed by atoms with Crippen molar-refractivity contribution >= 4 is 34.2 Å². The molecule has 2 aromatic heterocycles. The Morgan fingerprint density at radius 2 is 2.11 bits per heavy atom. The number of amides is 2. The molecular weight excluding hydrogens is 360 g/mol. The van der Waals surface area contributed by atoms with Gasteiger partial charge in [-0.05, 0) is 42.8 Å². The number of hydrogen-bond acceptors (Lipinski definition) is 4. The molecule has 1 aromatic carbocycles. The predicted molar refractivity (Wildman–Crippen MR) is 106 cm³/mol. The summed E-state index contributed by atoms with van der Waals surface area (Å²) in [4.78, 5) is 32.0. The van der Waals surface area contributed by atoms with Gasteiger partial charge in [0.2, 0.25) is 5.91 Å². The van der Waals surface area contributed by atoms with E-state index in [0.29, 0.717) is 18.0 Å². The number of nitrogens with zero attached hydrogens (tertiary/aromatic N) is 3. The summed E-state index contributed by atoms with van der Waals surface area (Å²) >= 11 is 1.42. The van der Waals surface area contributed by atoms with E-state index in [0.717, 1.165) is 36.8 Å². The first kappa shape index (κ1) is 17.7. The Kier molecular flexibility index (Phi) is 5.20. The van der Waals surface area contributed by atoms with Crippen LogP contribution in [0, 0.1) is 0 Å². The van der Waals surface area contributed by atoms with E-state index < -0.39 is 0 Å². The molecule has 3 heterocycles. The summed E-state index contributed by atoms with van der Waals surface area (Å²) in [5.41, 5.74) is 2.09. The topological polar surface area (TPSA) is 67.2 Å². The van der Waals surface area contributed by atoms with Gasteiger partial charge in [-0.2, -0.15) is 0 Å². The van der Waals surface area contributed by atoms with Gasteiger partial charge in [0, 0.05) is 19.6 Å². The van der Waals surface area contributed by atoms with Gasteiger partial charge < -0.3 is 14.8 Å². The van der Waals surface area contributed by atoms with Crippen LogP contribution >= 0.6 is 11.3 Å². The zero-order chi connectivity index (χ0) is 18.6. The molecule has 3 aromatic rings. The molecule has 0 bridgehead atoms. The van der Waals surface area contributed by atoms with Crippen LogP contribution in [0.15, 0.2) is 48.1 Å². The third kappa shape index (κ3) is 3.73. The molecule has 0 aliphatic carbocycles. The molecule has 2 amide bonds. The van der Waals surface area contributed by atoms with Crippen LogP contribution < -0.4 is 5.32 Å². The minimum Gasteiger partial charge on any atom is -0.354 e. The molecule has 1 atom stereocenters. The second kappa shape index (κ2) is 7.92. The summed E-state index contributed by atoms with van der Waals surface area (Å²) in [6, 6.07) is 11.3. The van der Waals surface area contributed by atoms with Gasteiger partial charge in [0.05, 0.1) is 22.2 Å². The lowest BCUT2D eigenvalue weighted by molar-refractivity contribution is -0.124. The maximum absolute atomic E-state index is 12.6. The average molecular weight is 382 g/mol. The zero-order valence-electron chi connectivity index (χ0n) is 15.0. The van der Waals surface area contributed by atoms with Crippen LogP contribution in [0.25, 0.3) is 11.0 Å². The van der Waals surface area contributed by atoms with Crippen molar-refractivity contribution in [2.75, 3.05) is 13.1 Å². The van der Waals surface area contributed by atoms with Gasteiger partial charge in [0.25, 0.3) is 5.91 Å². The van der Waals surface area contributed by atoms with Crippen molar-refractivity contribution in [3.63, 3.8) is 0 Å². The normalized spacial score (nSPS) is 16.7. The standard InChI is InChI=1S/C20H22N4O2S/c25-19(17-8-3-12-24(17)20(26)18-9-4-13-27-18)21-10-5-11-23-14-22-15-6-1-2-7-16(15)23/h1-2,4,6-7,9,13-14,17H,3,5,8,10-12H2,(H,21,25). The molecule has 0 spiro atoms. The van der Waals surface area contributed by atoms with Crippen molar-refractivity contribution in [3.8, 4) is 0 Å². The maximum atomic E-state index is 12.6. The highest BCUT2D eigenvalue weighted by molar-refractivity contribution is 7.12. The number of para-hydroxylation sites is 2. The number of likely N-dealkylation sites (tertiary alicyclic amines) is 1. The number of carbonyl (C=O) groups is 2. The summed E-state index contributed by atoms with van der Waals surface area (Å²) in [5.74, 6) is -0.0829. The van der Waals surface area contributed by atoms with E-state index in [4.69, 9.17) is 0 Å². The molecule has 1 aliphatic rings. The second-order valence-corrected chi connectivity index (χ2v) is 7.65. The van der Waals surface area contributed by atoms with Crippen LogP contribution in [-0.4, -0.2) is 45.4 Å². The molecule has 1 N–H and O–H groups in total. The van der Waals surface area contributed by atoms with Crippen molar-refractivity contribution in [3.05, 3.63) is 53.0 Å². The van der Waals surface area contributed by atoms with E-state index in [2.05, 4.69) is 14.9 Å². The summed E-state index contributed by atoms with van der Waals surface area (Å²) < 4.78 is 2.10. The first-order valence-electron chi connectivity index (χ1n) is 9.26. The molecule has 27 heavy (non-hydrogen) atoms. The number of aromatic nitrogens is 2. The van der Waals surface area contributed by atoms with Crippen LogP contribution in [0.1, 0.15) is 28.9 Å². The summed E-state index contributed by atoms with van der Waals surface area (Å²) in [6.45, 7) is 2.03. The van der Waals surface area contributed by atoms with Gasteiger partial charge in [-0.25, -0.2) is 4.98 Å². The number of benzene rings is 1. The van der Waals surface area contributed by atoms with E-state index in [9.17, 15) is 9.59 Å². The number of carbonyl (C=O) groups excluding carboxylic acids is 2. The van der Waals surface area contributed by atoms with E-state index in [1.54, 1.807) is 4.90 Å². The summed E-state index contributed by atoms with van der Waals surface area (Å²) in [7, 11) is 0. The Morgan fingerprint density at radius 3 is 2.96 bits per heavy atom. The Labute approximate surface area is 161 Å². The highest BCUT2D eigenvalue weighted by Gasteiger charge is 2.34. The van der Waals surface area contributed by atoms with E-state index >= 15 is 0 Å². The highest BCUT2D eigenvalue weighted by atomic mass is 32.1. The van der Waals surface area contributed by atoms with E-state index in [-0.39, 0.29) is 17.9 Å².